The van der Waals surface area contributed by atoms with Crippen molar-refractivity contribution in [2.75, 3.05) is 6.61 Å². The van der Waals surface area contributed by atoms with Crippen LogP contribution in [-0.4, -0.2) is 41.0 Å². The van der Waals surface area contributed by atoms with Gasteiger partial charge < -0.3 is 24.1 Å². The van der Waals surface area contributed by atoms with Gasteiger partial charge >= 0.3 is 13.1 Å². The van der Waals surface area contributed by atoms with Gasteiger partial charge in [-0.25, -0.2) is 4.79 Å². The van der Waals surface area contributed by atoms with E-state index in [2.05, 4.69) is 30.1 Å². The zero-order valence-corrected chi connectivity index (χ0v) is 22.3. The number of hydrogen-bond donors (Lipinski definition) is 2. The molecule has 0 aliphatic carbocycles. The lowest BCUT2D eigenvalue weighted by Crippen LogP contribution is -2.41. The highest BCUT2D eigenvalue weighted by Crippen LogP contribution is 2.38. The topological polar surface area (TPSA) is 80.8 Å². The van der Waals surface area contributed by atoms with Crippen LogP contribution in [0, 0.1) is 6.92 Å². The Morgan fingerprint density at radius 1 is 1.00 bits per heavy atom. The molecular weight excluding hydrogens is 465 g/mol. The number of H-pyrrole nitrogens is 1. The van der Waals surface area contributed by atoms with E-state index in [-0.39, 0.29) is 11.6 Å². The molecule has 1 aliphatic heterocycles. The second-order valence-electron chi connectivity index (χ2n) is 11.0. The highest BCUT2D eigenvalue weighted by Gasteiger charge is 2.52. The molecule has 6 nitrogen and oxygen atoms in total. The summed E-state index contributed by atoms with van der Waals surface area (Å²) in [7, 11) is -0.591. The molecular formula is C30H34BNO5. The average Bonchev–Trinajstić information content (AvgIpc) is 3.32. The predicted molar refractivity (Wildman–Crippen MR) is 148 cm³/mol. The van der Waals surface area contributed by atoms with Gasteiger partial charge in [-0.1, -0.05) is 55.5 Å². The van der Waals surface area contributed by atoms with Gasteiger partial charge in [0.25, 0.3) is 0 Å². The maximum absolute atomic E-state index is 12.3. The minimum atomic E-state index is -0.981. The third-order valence-electron chi connectivity index (χ3n) is 8.03. The summed E-state index contributed by atoms with van der Waals surface area (Å²) in [5.74, 6) is -0.199. The third kappa shape index (κ3) is 4.40. The number of aromatic carboxylic acids is 1. The lowest BCUT2D eigenvalue weighted by atomic mass is 9.74. The van der Waals surface area contributed by atoms with Crippen molar-refractivity contribution in [2.24, 2.45) is 0 Å². The Labute approximate surface area is 218 Å². The zero-order valence-electron chi connectivity index (χ0n) is 22.3. The Bertz CT molecular complexity index is 1470. The second kappa shape index (κ2) is 9.23. The van der Waals surface area contributed by atoms with Gasteiger partial charge in [0.05, 0.1) is 17.8 Å². The Morgan fingerprint density at radius 3 is 2.38 bits per heavy atom. The fourth-order valence-electron chi connectivity index (χ4n) is 5.17. The Kier molecular flexibility index (Phi) is 6.33. The molecule has 0 radical (unpaired) electrons. The molecule has 7 heteroatoms. The maximum atomic E-state index is 12.3. The van der Waals surface area contributed by atoms with Crippen LogP contribution in [-0.2, 0) is 9.31 Å². The van der Waals surface area contributed by atoms with E-state index in [1.54, 1.807) is 0 Å². The van der Waals surface area contributed by atoms with E-state index in [1.165, 1.54) is 0 Å². The maximum Gasteiger partial charge on any atom is 0.497 e. The van der Waals surface area contributed by atoms with Gasteiger partial charge in [-0.15, -0.1) is 0 Å². The number of aromatic amines is 1. The Balaban J connectivity index is 1.46. The van der Waals surface area contributed by atoms with Gasteiger partial charge in [0, 0.05) is 21.8 Å². The van der Waals surface area contributed by atoms with Crippen molar-refractivity contribution in [1.82, 2.24) is 4.98 Å². The van der Waals surface area contributed by atoms with E-state index in [9.17, 15) is 9.90 Å². The van der Waals surface area contributed by atoms with Crippen molar-refractivity contribution in [1.29, 1.82) is 0 Å². The summed E-state index contributed by atoms with van der Waals surface area (Å²) in [6.45, 7) is 12.6. The summed E-state index contributed by atoms with van der Waals surface area (Å²) < 4.78 is 18.9. The summed E-state index contributed by atoms with van der Waals surface area (Å²) in [5, 5.41) is 13.2. The molecule has 5 rings (SSSR count). The smallest absolute Gasteiger partial charge is 0.493 e. The first-order chi connectivity index (χ1) is 17.5. The summed E-state index contributed by atoms with van der Waals surface area (Å²) in [5.41, 5.74) is 2.59. The molecule has 0 amide bonds. The number of aromatic nitrogens is 1. The van der Waals surface area contributed by atoms with Gasteiger partial charge in [0.15, 0.2) is 0 Å². The number of rotatable bonds is 7. The molecule has 0 bridgehead atoms. The third-order valence-corrected chi connectivity index (χ3v) is 8.03. The molecule has 2 N–H and O–H groups in total. The number of ether oxygens (including phenoxy) is 1. The van der Waals surface area contributed by atoms with E-state index in [1.807, 2.05) is 71.0 Å². The van der Waals surface area contributed by atoms with Gasteiger partial charge in [0.2, 0.25) is 0 Å². The Morgan fingerprint density at radius 2 is 1.68 bits per heavy atom. The van der Waals surface area contributed by atoms with Crippen LogP contribution in [0.3, 0.4) is 0 Å². The molecule has 1 aliphatic rings. The minimum absolute atomic E-state index is 0.0521. The first kappa shape index (κ1) is 25.4. The highest BCUT2D eigenvalue weighted by atomic mass is 16.7. The molecule has 37 heavy (non-hydrogen) atoms. The number of carboxylic acid groups (broad SMARTS) is 1. The number of nitrogens with one attached hydrogen (secondary N) is 1. The molecule has 1 unspecified atom stereocenters. The fraction of sp³-hybridized carbons (Fsp3) is 0.367. The number of benzene rings is 3. The van der Waals surface area contributed by atoms with E-state index < -0.39 is 24.3 Å². The predicted octanol–water partition coefficient (Wildman–Crippen LogP) is 6.20. The second-order valence-corrected chi connectivity index (χ2v) is 11.0. The summed E-state index contributed by atoms with van der Waals surface area (Å²) in [6.07, 6.45) is 0.663. The number of hydrogen-bond acceptors (Lipinski definition) is 4. The SMILES string of the molecule is Cc1ccc2c(C(C)CCOc3cccc4ccccc34)c(C(=O)O)[nH]c2c1B1OC(C)(C)C(C)(C)O1. The number of fused-ring (bicyclic) bond motifs is 2. The van der Waals surface area contributed by atoms with E-state index in [0.29, 0.717) is 13.0 Å². The molecule has 3 aromatic carbocycles. The van der Waals surface area contributed by atoms with E-state index >= 15 is 0 Å². The Hall–Kier alpha value is -3.29. The van der Waals surface area contributed by atoms with Crippen molar-refractivity contribution in [3.63, 3.8) is 0 Å². The van der Waals surface area contributed by atoms with Crippen molar-refractivity contribution in [2.45, 2.75) is 65.1 Å². The van der Waals surface area contributed by atoms with Crippen LogP contribution in [0.25, 0.3) is 21.7 Å². The van der Waals surface area contributed by atoms with Crippen molar-refractivity contribution in [3.8, 4) is 5.75 Å². The molecule has 0 saturated carbocycles. The van der Waals surface area contributed by atoms with E-state index in [4.69, 9.17) is 14.0 Å². The summed E-state index contributed by atoms with van der Waals surface area (Å²) in [4.78, 5) is 15.6. The molecule has 4 aromatic rings. The van der Waals surface area contributed by atoms with Crippen LogP contribution in [0.1, 0.15) is 68.6 Å². The molecule has 192 valence electrons. The van der Waals surface area contributed by atoms with E-state index in [0.717, 1.165) is 44.0 Å². The molecule has 2 heterocycles. The van der Waals surface area contributed by atoms with Gasteiger partial charge in [0.1, 0.15) is 11.4 Å². The monoisotopic (exact) mass is 499 g/mol. The van der Waals surface area contributed by atoms with Crippen LogP contribution in [0.4, 0.5) is 0 Å². The van der Waals surface area contributed by atoms with Gasteiger partial charge in [-0.3, -0.25) is 0 Å². The first-order valence-electron chi connectivity index (χ1n) is 12.8. The minimum Gasteiger partial charge on any atom is -0.493 e. The normalized spacial score (nSPS) is 17.4. The molecule has 1 saturated heterocycles. The lowest BCUT2D eigenvalue weighted by Gasteiger charge is -2.32. The van der Waals surface area contributed by atoms with Crippen molar-refractivity contribution >= 4 is 40.2 Å². The molecule has 1 aromatic heterocycles. The summed E-state index contributed by atoms with van der Waals surface area (Å²) >= 11 is 0. The van der Waals surface area contributed by atoms with Gasteiger partial charge in [-0.05, 0) is 69.5 Å². The lowest BCUT2D eigenvalue weighted by molar-refractivity contribution is 0.00578. The quantitative estimate of drug-likeness (QED) is 0.296. The summed E-state index contributed by atoms with van der Waals surface area (Å²) in [6, 6.07) is 18.2. The van der Waals surface area contributed by atoms with Crippen LogP contribution < -0.4 is 10.2 Å². The van der Waals surface area contributed by atoms with Crippen LogP contribution in [0.2, 0.25) is 0 Å². The highest BCUT2D eigenvalue weighted by molar-refractivity contribution is 6.65. The van der Waals surface area contributed by atoms with Crippen LogP contribution in [0.15, 0.2) is 54.6 Å². The average molecular weight is 499 g/mol. The molecule has 1 fully saturated rings. The van der Waals surface area contributed by atoms with Crippen molar-refractivity contribution in [3.05, 3.63) is 71.4 Å². The number of carboxylic acids is 1. The molecule has 0 spiro atoms. The fourth-order valence-corrected chi connectivity index (χ4v) is 5.17. The molecule has 1 atom stereocenters. The number of aryl methyl sites for hydroxylation is 1. The zero-order chi connectivity index (χ0) is 26.5. The largest absolute Gasteiger partial charge is 0.497 e. The van der Waals surface area contributed by atoms with Crippen LogP contribution in [0.5, 0.6) is 5.75 Å². The van der Waals surface area contributed by atoms with Gasteiger partial charge in [-0.2, -0.15) is 0 Å². The van der Waals surface area contributed by atoms with Crippen LogP contribution >= 0.6 is 0 Å². The number of carbonyl (C=O) groups is 1. The first-order valence-corrected chi connectivity index (χ1v) is 12.8. The van der Waals surface area contributed by atoms with Crippen molar-refractivity contribution < 1.29 is 23.9 Å². The standard InChI is InChI=1S/C30H34BNO5/c1-18(16-17-35-23-13-9-11-20-10-7-8-12-21(20)23)24-22-15-14-19(2)25(26(22)32-27(24)28(33)34)31-36-29(3,4)30(5,6)37-31/h7-15,18,32H,16-17H2,1-6H3,(H,33,34).